The van der Waals surface area contributed by atoms with Crippen molar-refractivity contribution in [1.29, 1.82) is 0 Å². The molecule has 1 nitrogen and oxygen atoms in total. The topological polar surface area (TPSA) is 12.0 Å². The second-order valence-corrected chi connectivity index (χ2v) is 5.28. The van der Waals surface area contributed by atoms with E-state index in [1.165, 1.54) is 6.07 Å². The van der Waals surface area contributed by atoms with Gasteiger partial charge in [0.15, 0.2) is 11.6 Å². The van der Waals surface area contributed by atoms with E-state index >= 15 is 0 Å². The van der Waals surface area contributed by atoms with Gasteiger partial charge in [-0.25, -0.2) is 8.78 Å². The summed E-state index contributed by atoms with van der Waals surface area (Å²) < 4.78 is 27.6. The van der Waals surface area contributed by atoms with Gasteiger partial charge >= 0.3 is 0 Å². The van der Waals surface area contributed by atoms with E-state index in [1.807, 2.05) is 31.2 Å². The molecule has 0 aliphatic rings. The highest BCUT2D eigenvalue weighted by Gasteiger charge is 2.09. The number of hydrogen-bond donors (Lipinski definition) is 1. The minimum atomic E-state index is -0.810. The summed E-state index contributed by atoms with van der Waals surface area (Å²) in [5, 5.41) is 3.18. The molecule has 1 N–H and O–H groups in total. The number of benzene rings is 2. The van der Waals surface area contributed by atoms with Crippen molar-refractivity contribution in [3.05, 3.63) is 69.7 Å². The molecule has 0 radical (unpaired) electrons. The van der Waals surface area contributed by atoms with E-state index in [1.54, 1.807) is 6.07 Å². The van der Waals surface area contributed by atoms with Gasteiger partial charge in [0.2, 0.25) is 0 Å². The summed E-state index contributed by atoms with van der Waals surface area (Å²) in [4.78, 5) is 0. The van der Waals surface area contributed by atoms with Gasteiger partial charge in [0, 0.05) is 22.6 Å². The highest BCUT2D eigenvalue weighted by atomic mass is 79.9. The third-order valence-electron chi connectivity index (χ3n) is 3.00. The zero-order chi connectivity index (χ0) is 13.8. The molecule has 0 heterocycles. The summed E-state index contributed by atoms with van der Waals surface area (Å²) in [5.74, 6) is -1.59. The highest BCUT2D eigenvalue weighted by Crippen LogP contribution is 2.18. The molecule has 19 heavy (non-hydrogen) atoms. The van der Waals surface area contributed by atoms with Crippen LogP contribution in [0.25, 0.3) is 0 Å². The Balaban J connectivity index is 2.02. The molecule has 0 saturated heterocycles. The first-order chi connectivity index (χ1) is 9.08. The molecule has 2 rings (SSSR count). The number of rotatable bonds is 4. The normalized spacial score (nSPS) is 12.4. The number of halogens is 3. The molecule has 0 amide bonds. The zero-order valence-electron chi connectivity index (χ0n) is 10.5. The van der Waals surface area contributed by atoms with Gasteiger partial charge in [0.1, 0.15) is 0 Å². The first-order valence-corrected chi connectivity index (χ1v) is 6.79. The Labute approximate surface area is 119 Å². The Hall–Kier alpha value is -1.26. The standard InChI is InChI=1S/C15H14BrF2N/c1-10(11-5-7-13(16)8-6-11)19-9-12-3-2-4-14(17)15(12)18/h2-8,10,19H,9H2,1H3/t10-/m1/s1. The summed E-state index contributed by atoms with van der Waals surface area (Å²) >= 11 is 3.38. The van der Waals surface area contributed by atoms with E-state index < -0.39 is 11.6 Å². The Bertz CT molecular complexity index is 555. The molecule has 0 spiro atoms. The van der Waals surface area contributed by atoms with Gasteiger partial charge in [-0.1, -0.05) is 40.2 Å². The van der Waals surface area contributed by atoms with E-state index in [4.69, 9.17) is 0 Å². The van der Waals surface area contributed by atoms with Gasteiger partial charge < -0.3 is 5.32 Å². The Morgan fingerprint density at radius 2 is 1.79 bits per heavy atom. The van der Waals surface area contributed by atoms with Gasteiger partial charge in [-0.3, -0.25) is 0 Å². The predicted molar refractivity (Wildman–Crippen MR) is 75.8 cm³/mol. The fourth-order valence-corrected chi connectivity index (χ4v) is 2.08. The smallest absolute Gasteiger partial charge is 0.163 e. The van der Waals surface area contributed by atoms with Crippen LogP contribution in [0.15, 0.2) is 46.9 Å². The maximum atomic E-state index is 13.5. The van der Waals surface area contributed by atoms with E-state index in [-0.39, 0.29) is 6.04 Å². The molecule has 0 saturated carbocycles. The molecule has 0 bridgehead atoms. The van der Waals surface area contributed by atoms with Crippen LogP contribution >= 0.6 is 15.9 Å². The van der Waals surface area contributed by atoms with Crippen LogP contribution in [0.1, 0.15) is 24.1 Å². The van der Waals surface area contributed by atoms with Gasteiger partial charge in [-0.2, -0.15) is 0 Å². The van der Waals surface area contributed by atoms with Crippen molar-refractivity contribution >= 4 is 15.9 Å². The maximum Gasteiger partial charge on any atom is 0.163 e. The van der Waals surface area contributed by atoms with Gasteiger partial charge in [0.05, 0.1) is 0 Å². The summed E-state index contributed by atoms with van der Waals surface area (Å²) in [6.45, 7) is 2.28. The Morgan fingerprint density at radius 3 is 2.47 bits per heavy atom. The lowest BCUT2D eigenvalue weighted by Crippen LogP contribution is -2.19. The molecule has 100 valence electrons. The average molecular weight is 326 g/mol. The lowest BCUT2D eigenvalue weighted by molar-refractivity contribution is 0.484. The third-order valence-corrected chi connectivity index (χ3v) is 3.53. The summed E-state index contributed by atoms with van der Waals surface area (Å²) in [7, 11) is 0. The lowest BCUT2D eigenvalue weighted by atomic mass is 10.1. The van der Waals surface area contributed by atoms with Crippen LogP contribution in [-0.4, -0.2) is 0 Å². The van der Waals surface area contributed by atoms with Crippen molar-refractivity contribution in [2.24, 2.45) is 0 Å². The average Bonchev–Trinajstić information content (AvgIpc) is 2.41. The van der Waals surface area contributed by atoms with Gasteiger partial charge in [-0.05, 0) is 30.7 Å². The zero-order valence-corrected chi connectivity index (χ0v) is 12.0. The van der Waals surface area contributed by atoms with Crippen molar-refractivity contribution in [3.8, 4) is 0 Å². The summed E-state index contributed by atoms with van der Waals surface area (Å²) in [6.07, 6.45) is 0. The van der Waals surface area contributed by atoms with Crippen LogP contribution < -0.4 is 5.32 Å². The molecule has 2 aromatic rings. The van der Waals surface area contributed by atoms with Crippen LogP contribution in [0.2, 0.25) is 0 Å². The van der Waals surface area contributed by atoms with Crippen LogP contribution in [-0.2, 0) is 6.54 Å². The first-order valence-electron chi connectivity index (χ1n) is 5.99. The molecule has 0 unspecified atom stereocenters. The van der Waals surface area contributed by atoms with Crippen LogP contribution in [0, 0.1) is 11.6 Å². The summed E-state index contributed by atoms with van der Waals surface area (Å²) in [6, 6.07) is 12.2. The van der Waals surface area contributed by atoms with Crippen LogP contribution in [0.4, 0.5) is 8.78 Å². The third kappa shape index (κ3) is 3.61. The SMILES string of the molecule is C[C@@H](NCc1cccc(F)c1F)c1ccc(Br)cc1. The quantitative estimate of drug-likeness (QED) is 0.867. The largest absolute Gasteiger partial charge is 0.306 e. The van der Waals surface area contributed by atoms with Crippen molar-refractivity contribution < 1.29 is 8.78 Å². The number of hydrogen-bond acceptors (Lipinski definition) is 1. The number of nitrogens with one attached hydrogen (secondary N) is 1. The Morgan fingerprint density at radius 1 is 1.11 bits per heavy atom. The van der Waals surface area contributed by atoms with Crippen molar-refractivity contribution in [2.75, 3.05) is 0 Å². The van der Waals surface area contributed by atoms with Crippen LogP contribution in [0.5, 0.6) is 0 Å². The second-order valence-electron chi connectivity index (χ2n) is 4.37. The maximum absolute atomic E-state index is 13.5. The first kappa shape index (κ1) is 14.2. The molecule has 1 atom stereocenters. The second kappa shape index (κ2) is 6.26. The molecule has 2 aromatic carbocycles. The van der Waals surface area contributed by atoms with E-state index in [9.17, 15) is 8.78 Å². The molecular formula is C15H14BrF2N. The van der Waals surface area contributed by atoms with E-state index in [2.05, 4.69) is 21.2 Å². The molecule has 4 heteroatoms. The minimum Gasteiger partial charge on any atom is -0.306 e. The van der Waals surface area contributed by atoms with E-state index in [0.717, 1.165) is 16.1 Å². The molecule has 0 aromatic heterocycles. The molecular weight excluding hydrogens is 312 g/mol. The predicted octanol–water partition coefficient (Wildman–Crippen LogP) is 4.58. The fourth-order valence-electron chi connectivity index (χ4n) is 1.82. The van der Waals surface area contributed by atoms with Gasteiger partial charge in [-0.15, -0.1) is 0 Å². The van der Waals surface area contributed by atoms with Crippen LogP contribution in [0.3, 0.4) is 0 Å². The van der Waals surface area contributed by atoms with Crippen molar-refractivity contribution in [2.45, 2.75) is 19.5 Å². The molecule has 0 aliphatic heterocycles. The van der Waals surface area contributed by atoms with E-state index in [0.29, 0.717) is 12.1 Å². The molecule has 0 aliphatic carbocycles. The highest BCUT2D eigenvalue weighted by molar-refractivity contribution is 9.10. The minimum absolute atomic E-state index is 0.0655. The van der Waals surface area contributed by atoms with Gasteiger partial charge in [0.25, 0.3) is 0 Å². The lowest BCUT2D eigenvalue weighted by Gasteiger charge is -2.15. The monoisotopic (exact) mass is 325 g/mol. The Kier molecular flexibility index (Phi) is 4.66. The van der Waals surface area contributed by atoms with Crippen molar-refractivity contribution in [1.82, 2.24) is 5.32 Å². The fraction of sp³-hybridized carbons (Fsp3) is 0.200. The summed E-state index contributed by atoms with van der Waals surface area (Å²) in [5.41, 5.74) is 1.43. The van der Waals surface area contributed by atoms with Crippen molar-refractivity contribution in [3.63, 3.8) is 0 Å². The molecule has 0 fully saturated rings.